The smallest absolute Gasteiger partial charge is 1.00 e. The number of hydrogen-bond acceptors (Lipinski definition) is 0. The molecule has 0 aliphatic heterocycles. The van der Waals surface area contributed by atoms with Crippen molar-refractivity contribution in [2.75, 3.05) is 0 Å². The number of benzene rings is 4. The Hall–Kier alpha value is -2.31. The predicted octanol–water partition coefficient (Wildman–Crippen LogP) is 5.08. The Morgan fingerprint density at radius 2 is 1.12 bits per heavy atom. The normalized spacial score (nSPS) is 13.8. The van der Waals surface area contributed by atoms with Crippen LogP contribution in [0.4, 0.5) is 0 Å². The summed E-state index contributed by atoms with van der Waals surface area (Å²) in [5.41, 5.74) is 11.8. The topological polar surface area (TPSA) is 0 Å². The molecule has 0 atom stereocenters. The van der Waals surface area contributed by atoms with Crippen LogP contribution in [0.3, 0.4) is 0 Å². The molecule has 0 saturated carbocycles. The molecule has 0 unspecified atom stereocenters. The molecule has 4 aromatic carbocycles. The first-order valence-electron chi connectivity index (χ1n) is 17.1. The van der Waals surface area contributed by atoms with E-state index in [4.69, 9.17) is 0 Å². The summed E-state index contributed by atoms with van der Waals surface area (Å²) >= 11 is -2.89. The Bertz CT molecular complexity index is 1820. The maximum atomic E-state index is 2.52. The SMILES string of the molecule is CC(C)(C)c1ccc2c(c1)Cc1c-2ccc(C(C)(C)C)[c]1[Zr+2]([C]1=CC=CC1)=[C](C(C)(C)c1ccccc1)C(C)(C)c1ccccc1.[Cl-].[Cl-]. The van der Waals surface area contributed by atoms with Crippen LogP contribution in [-0.4, -0.2) is 3.21 Å². The van der Waals surface area contributed by atoms with Crippen molar-refractivity contribution in [3.8, 4) is 11.1 Å². The van der Waals surface area contributed by atoms with Gasteiger partial charge in [0.05, 0.1) is 0 Å². The van der Waals surface area contributed by atoms with Crippen LogP contribution in [0.15, 0.2) is 113 Å². The van der Waals surface area contributed by atoms with Gasteiger partial charge in [0, 0.05) is 0 Å². The van der Waals surface area contributed by atoms with Gasteiger partial charge in [-0.05, 0) is 0 Å². The number of fused-ring (bicyclic) bond motifs is 3. The molecule has 0 bridgehead atoms. The summed E-state index contributed by atoms with van der Waals surface area (Å²) in [6.45, 7) is 24.4. The molecule has 0 heterocycles. The fourth-order valence-electron chi connectivity index (χ4n) is 8.14. The van der Waals surface area contributed by atoms with Gasteiger partial charge in [-0.25, -0.2) is 0 Å². The van der Waals surface area contributed by atoms with E-state index in [0.29, 0.717) is 0 Å². The van der Waals surface area contributed by atoms with E-state index in [1.165, 1.54) is 33.4 Å². The predicted molar refractivity (Wildman–Crippen MR) is 198 cm³/mol. The van der Waals surface area contributed by atoms with E-state index >= 15 is 0 Å². The molecule has 0 radical (unpaired) electrons. The molecule has 250 valence electrons. The molecule has 3 heteroatoms. The number of hydrogen-bond donors (Lipinski definition) is 0. The second-order valence-corrected chi connectivity index (χ2v) is 22.5. The second-order valence-electron chi connectivity index (χ2n) is 16.6. The van der Waals surface area contributed by atoms with Crippen LogP contribution in [0.25, 0.3) is 11.1 Å². The minimum absolute atomic E-state index is 0. The van der Waals surface area contributed by atoms with Crippen molar-refractivity contribution < 1.29 is 46.1 Å². The monoisotopic (exact) mass is 752 g/mol. The molecule has 0 N–H and O–H groups in total. The molecule has 0 fully saturated rings. The third-order valence-corrected chi connectivity index (χ3v) is 20.0. The van der Waals surface area contributed by atoms with Gasteiger partial charge in [0.25, 0.3) is 0 Å². The van der Waals surface area contributed by atoms with E-state index in [1.807, 2.05) is 0 Å². The fraction of sp³-hybridized carbons (Fsp3) is 0.356. The van der Waals surface area contributed by atoms with Crippen molar-refractivity contribution in [2.45, 2.75) is 104 Å². The van der Waals surface area contributed by atoms with E-state index in [2.05, 4.69) is 178 Å². The quantitative estimate of drug-likeness (QED) is 0.227. The first kappa shape index (κ1) is 38.5. The third-order valence-electron chi connectivity index (χ3n) is 10.6. The van der Waals surface area contributed by atoms with E-state index in [0.717, 1.165) is 12.8 Å². The average Bonchev–Trinajstić information content (AvgIpc) is 3.67. The van der Waals surface area contributed by atoms with Crippen LogP contribution < -0.4 is 28.1 Å². The Kier molecular flexibility index (Phi) is 11.3. The van der Waals surface area contributed by atoms with Gasteiger partial charge in [0.1, 0.15) is 0 Å². The third kappa shape index (κ3) is 7.00. The number of allylic oxidation sites excluding steroid dienone is 4. The minimum Gasteiger partial charge on any atom is -1.00 e. The van der Waals surface area contributed by atoms with Crippen LogP contribution in [0.2, 0.25) is 0 Å². The van der Waals surface area contributed by atoms with E-state index in [-0.39, 0.29) is 46.5 Å². The van der Waals surface area contributed by atoms with Gasteiger partial charge in [0.2, 0.25) is 0 Å². The van der Waals surface area contributed by atoms with Crippen molar-refractivity contribution in [1.82, 2.24) is 0 Å². The van der Waals surface area contributed by atoms with E-state index < -0.39 is 21.3 Å². The molecular formula is C45H52Cl2Zr. The summed E-state index contributed by atoms with van der Waals surface area (Å²) < 4.78 is 5.20. The Balaban J connectivity index is 0.00000260. The van der Waals surface area contributed by atoms with Gasteiger partial charge in [-0.3, -0.25) is 0 Å². The second kappa shape index (κ2) is 14.1. The maximum absolute atomic E-state index is 2.89. The first-order chi connectivity index (χ1) is 21.6. The zero-order valence-corrected chi connectivity index (χ0v) is 34.5. The average molecular weight is 755 g/mol. The molecule has 48 heavy (non-hydrogen) atoms. The van der Waals surface area contributed by atoms with Gasteiger partial charge < -0.3 is 24.8 Å². The molecule has 0 nitrogen and oxygen atoms in total. The van der Waals surface area contributed by atoms with Crippen LogP contribution in [0, 0.1) is 0 Å². The Labute approximate surface area is 311 Å². The molecule has 4 aromatic rings. The zero-order valence-electron chi connectivity index (χ0n) is 30.6. The molecule has 6 rings (SSSR count). The standard InChI is InChI=1S/C21H25.C19H22.C5H5.2ClH.Zr/c1-20(2,3)16-7-9-18-14(12-16)11-15-13-17(21(4,5)6)8-10-19(15)18;1-18(2,16-11-7-5-8-12-16)15-19(3,4)17-13-9-6-10-14-17;1-2-4-5-3-1;;;/h7-10,12H,11H2,1-6H3;5-14H,1-4H3;1-3H,4H2;2*1H;/q;;;;;+2/p-2. The summed E-state index contributed by atoms with van der Waals surface area (Å²) in [7, 11) is 0. The molecule has 2 aliphatic rings. The van der Waals surface area contributed by atoms with E-state index in [9.17, 15) is 0 Å². The number of rotatable bonds is 6. The summed E-state index contributed by atoms with van der Waals surface area (Å²) in [4.78, 5) is 0. The largest absolute Gasteiger partial charge is 1.00 e. The van der Waals surface area contributed by atoms with Crippen LogP contribution in [0.1, 0.15) is 109 Å². The summed E-state index contributed by atoms with van der Waals surface area (Å²) in [6.07, 6.45) is 9.36. The molecule has 0 spiro atoms. The Morgan fingerprint density at radius 3 is 1.60 bits per heavy atom. The van der Waals surface area contributed by atoms with E-state index in [1.54, 1.807) is 20.9 Å². The summed E-state index contributed by atoms with van der Waals surface area (Å²) in [5, 5.41) is 0. The van der Waals surface area contributed by atoms with Crippen molar-refractivity contribution in [2.24, 2.45) is 0 Å². The molecule has 2 aliphatic carbocycles. The van der Waals surface area contributed by atoms with Gasteiger partial charge in [-0.2, -0.15) is 0 Å². The van der Waals surface area contributed by atoms with Crippen molar-refractivity contribution in [1.29, 1.82) is 0 Å². The van der Waals surface area contributed by atoms with Crippen molar-refractivity contribution in [3.63, 3.8) is 0 Å². The van der Waals surface area contributed by atoms with Crippen LogP contribution in [0.5, 0.6) is 0 Å². The summed E-state index contributed by atoms with van der Waals surface area (Å²) in [5.74, 6) is 0. The fourth-order valence-corrected chi connectivity index (χ4v) is 18.6. The molecule has 0 amide bonds. The Morgan fingerprint density at radius 1 is 0.583 bits per heavy atom. The summed E-state index contributed by atoms with van der Waals surface area (Å²) in [6, 6.07) is 35.0. The van der Waals surface area contributed by atoms with Gasteiger partial charge in [-0.15, -0.1) is 0 Å². The zero-order chi connectivity index (χ0) is 33.1. The molecular weight excluding hydrogens is 703 g/mol. The van der Waals surface area contributed by atoms with Gasteiger partial charge >= 0.3 is 288 Å². The van der Waals surface area contributed by atoms with Gasteiger partial charge in [-0.1, -0.05) is 0 Å². The minimum atomic E-state index is -2.89. The number of halogens is 2. The molecule has 0 aromatic heterocycles. The maximum Gasteiger partial charge on any atom is -1.00 e. The van der Waals surface area contributed by atoms with Crippen LogP contribution >= 0.6 is 0 Å². The van der Waals surface area contributed by atoms with Crippen molar-refractivity contribution in [3.05, 3.63) is 146 Å². The van der Waals surface area contributed by atoms with Crippen molar-refractivity contribution >= 4 is 6.48 Å². The first-order valence-corrected chi connectivity index (χ1v) is 20.8. The van der Waals surface area contributed by atoms with Gasteiger partial charge in [0.15, 0.2) is 0 Å². The molecule has 0 saturated heterocycles. The van der Waals surface area contributed by atoms with Crippen LogP contribution in [-0.2, 0) is 49.3 Å².